The Morgan fingerprint density at radius 1 is 1.15 bits per heavy atom. The second-order valence-corrected chi connectivity index (χ2v) is 7.24. The molecule has 6 heteroatoms. The van der Waals surface area contributed by atoms with Gasteiger partial charge in [-0.25, -0.2) is 4.68 Å². The first-order valence-electron chi connectivity index (χ1n) is 8.76. The van der Waals surface area contributed by atoms with Gasteiger partial charge in [-0.1, -0.05) is 34.1 Å². The van der Waals surface area contributed by atoms with Crippen LogP contribution in [0.4, 0.5) is 0 Å². The van der Waals surface area contributed by atoms with Crippen LogP contribution < -0.4 is 10.1 Å². The van der Waals surface area contributed by atoms with Crippen molar-refractivity contribution in [2.75, 3.05) is 0 Å². The monoisotopic (exact) mass is 427 g/mol. The third-order valence-corrected chi connectivity index (χ3v) is 4.91. The van der Waals surface area contributed by atoms with Crippen LogP contribution in [-0.4, -0.2) is 21.8 Å². The molecule has 1 atom stereocenters. The van der Waals surface area contributed by atoms with Gasteiger partial charge < -0.3 is 10.1 Å². The first-order valence-corrected chi connectivity index (χ1v) is 9.55. The van der Waals surface area contributed by atoms with Crippen molar-refractivity contribution in [1.82, 2.24) is 15.1 Å². The average molecular weight is 428 g/mol. The van der Waals surface area contributed by atoms with E-state index in [1.54, 1.807) is 6.92 Å². The van der Waals surface area contributed by atoms with Crippen LogP contribution in [0.2, 0.25) is 0 Å². The molecule has 1 heterocycles. The zero-order chi connectivity index (χ0) is 19.4. The van der Waals surface area contributed by atoms with E-state index in [1.165, 1.54) is 0 Å². The number of aromatic nitrogens is 2. The first kappa shape index (κ1) is 19.2. The third kappa shape index (κ3) is 4.57. The van der Waals surface area contributed by atoms with Crippen molar-refractivity contribution < 1.29 is 9.53 Å². The second kappa shape index (κ2) is 8.39. The van der Waals surface area contributed by atoms with Crippen LogP contribution in [0, 0.1) is 13.8 Å². The molecule has 5 nitrogen and oxygen atoms in total. The van der Waals surface area contributed by atoms with Crippen molar-refractivity contribution in [2.24, 2.45) is 0 Å². The maximum Gasteiger partial charge on any atom is 0.261 e. The maximum atomic E-state index is 12.4. The molecule has 1 aromatic heterocycles. The molecule has 0 aliphatic rings. The Kier molecular flexibility index (Phi) is 5.96. The highest BCUT2D eigenvalue weighted by atomic mass is 79.9. The van der Waals surface area contributed by atoms with Crippen LogP contribution in [0.25, 0.3) is 5.69 Å². The number of rotatable bonds is 6. The molecule has 0 radical (unpaired) electrons. The SMILES string of the molecule is Cc1nn(-c2ccccc2)c(C)c1CNC(=O)[C@H](C)Oc1ccc(Br)cc1. The summed E-state index contributed by atoms with van der Waals surface area (Å²) < 4.78 is 8.57. The van der Waals surface area contributed by atoms with Crippen molar-refractivity contribution in [2.45, 2.75) is 33.4 Å². The summed E-state index contributed by atoms with van der Waals surface area (Å²) in [6.45, 7) is 6.12. The van der Waals surface area contributed by atoms with E-state index in [4.69, 9.17) is 4.74 Å². The Hall–Kier alpha value is -2.60. The molecule has 3 rings (SSSR count). The summed E-state index contributed by atoms with van der Waals surface area (Å²) >= 11 is 3.38. The van der Waals surface area contributed by atoms with Crippen LogP contribution in [0.1, 0.15) is 23.9 Å². The number of nitrogens with one attached hydrogen (secondary N) is 1. The number of benzene rings is 2. The van der Waals surface area contributed by atoms with Crippen LogP contribution in [-0.2, 0) is 11.3 Å². The molecular formula is C21H22BrN3O2. The van der Waals surface area contributed by atoms with Gasteiger partial charge in [0, 0.05) is 22.3 Å². The van der Waals surface area contributed by atoms with E-state index in [0.717, 1.165) is 27.1 Å². The fourth-order valence-electron chi connectivity index (χ4n) is 2.84. The number of hydrogen-bond acceptors (Lipinski definition) is 3. The van der Waals surface area contributed by atoms with Gasteiger partial charge in [0.25, 0.3) is 5.91 Å². The van der Waals surface area contributed by atoms with Gasteiger partial charge in [-0.15, -0.1) is 0 Å². The minimum absolute atomic E-state index is 0.163. The topological polar surface area (TPSA) is 56.2 Å². The number of nitrogens with zero attached hydrogens (tertiary/aromatic N) is 2. The molecule has 0 fully saturated rings. The molecule has 0 aliphatic heterocycles. The van der Waals surface area contributed by atoms with E-state index >= 15 is 0 Å². The smallest absolute Gasteiger partial charge is 0.261 e. The lowest BCUT2D eigenvalue weighted by molar-refractivity contribution is -0.127. The summed E-state index contributed by atoms with van der Waals surface area (Å²) in [6.07, 6.45) is -0.587. The summed E-state index contributed by atoms with van der Waals surface area (Å²) in [5.41, 5.74) is 3.93. The van der Waals surface area contributed by atoms with Crippen molar-refractivity contribution in [1.29, 1.82) is 0 Å². The lowest BCUT2D eigenvalue weighted by atomic mass is 10.2. The molecule has 0 saturated carbocycles. The molecule has 0 spiro atoms. The van der Waals surface area contributed by atoms with E-state index < -0.39 is 6.10 Å². The minimum atomic E-state index is -0.587. The molecule has 1 amide bonds. The number of hydrogen-bond donors (Lipinski definition) is 1. The third-order valence-electron chi connectivity index (χ3n) is 4.38. The molecule has 27 heavy (non-hydrogen) atoms. The molecule has 0 saturated heterocycles. The van der Waals surface area contributed by atoms with Crippen molar-refractivity contribution in [3.63, 3.8) is 0 Å². The first-order chi connectivity index (χ1) is 13.0. The molecule has 0 unspecified atom stereocenters. The van der Waals surface area contributed by atoms with Crippen molar-refractivity contribution >= 4 is 21.8 Å². The van der Waals surface area contributed by atoms with Gasteiger partial charge in [-0.2, -0.15) is 5.10 Å². The zero-order valence-corrected chi connectivity index (χ0v) is 17.2. The van der Waals surface area contributed by atoms with Gasteiger partial charge >= 0.3 is 0 Å². The Bertz CT molecular complexity index is 921. The number of ether oxygens (including phenoxy) is 1. The van der Waals surface area contributed by atoms with Crippen LogP contribution >= 0.6 is 15.9 Å². The fourth-order valence-corrected chi connectivity index (χ4v) is 3.11. The van der Waals surface area contributed by atoms with E-state index in [1.807, 2.05) is 73.1 Å². The maximum absolute atomic E-state index is 12.4. The normalized spacial score (nSPS) is 11.9. The predicted octanol–water partition coefficient (Wildman–Crippen LogP) is 4.34. The van der Waals surface area contributed by atoms with Crippen LogP contribution in [0.5, 0.6) is 5.75 Å². The number of carbonyl (C=O) groups is 1. The Labute approximate surface area is 167 Å². The summed E-state index contributed by atoms with van der Waals surface area (Å²) in [4.78, 5) is 12.4. The molecule has 2 aromatic carbocycles. The number of aryl methyl sites for hydroxylation is 1. The number of carbonyl (C=O) groups excluding carboxylic acids is 1. The Morgan fingerprint density at radius 3 is 2.48 bits per heavy atom. The molecular weight excluding hydrogens is 406 g/mol. The molecule has 1 N–H and O–H groups in total. The lowest BCUT2D eigenvalue weighted by Gasteiger charge is -2.15. The average Bonchev–Trinajstić information content (AvgIpc) is 2.96. The Balaban J connectivity index is 1.65. The van der Waals surface area contributed by atoms with Crippen LogP contribution in [0.3, 0.4) is 0 Å². The highest BCUT2D eigenvalue weighted by Gasteiger charge is 2.17. The summed E-state index contributed by atoms with van der Waals surface area (Å²) in [7, 11) is 0. The van der Waals surface area contributed by atoms with E-state index in [9.17, 15) is 4.79 Å². The standard InChI is InChI=1S/C21H22BrN3O2/c1-14-20(15(2)25(24-14)18-7-5-4-6-8-18)13-23-21(26)16(3)27-19-11-9-17(22)10-12-19/h4-12,16H,13H2,1-3H3,(H,23,26)/t16-/m0/s1. The summed E-state index contributed by atoms with van der Waals surface area (Å²) in [5, 5.41) is 7.56. The highest BCUT2D eigenvalue weighted by molar-refractivity contribution is 9.10. The van der Waals surface area contributed by atoms with E-state index in [2.05, 4.69) is 26.3 Å². The van der Waals surface area contributed by atoms with Crippen molar-refractivity contribution in [3.05, 3.63) is 76.0 Å². The van der Waals surface area contributed by atoms with Crippen molar-refractivity contribution in [3.8, 4) is 11.4 Å². The largest absolute Gasteiger partial charge is 0.481 e. The van der Waals surface area contributed by atoms with E-state index in [0.29, 0.717) is 12.3 Å². The fraction of sp³-hybridized carbons (Fsp3) is 0.238. The minimum Gasteiger partial charge on any atom is -0.481 e. The highest BCUT2D eigenvalue weighted by Crippen LogP contribution is 2.19. The van der Waals surface area contributed by atoms with Gasteiger partial charge in [0.05, 0.1) is 11.4 Å². The molecule has 140 valence electrons. The number of halogens is 1. The summed E-state index contributed by atoms with van der Waals surface area (Å²) in [5.74, 6) is 0.495. The zero-order valence-electron chi connectivity index (χ0n) is 15.6. The Morgan fingerprint density at radius 2 is 1.81 bits per heavy atom. The van der Waals surface area contributed by atoms with Crippen LogP contribution in [0.15, 0.2) is 59.1 Å². The predicted molar refractivity (Wildman–Crippen MR) is 109 cm³/mol. The van der Waals surface area contributed by atoms with Gasteiger partial charge in [0.15, 0.2) is 6.10 Å². The van der Waals surface area contributed by atoms with Gasteiger partial charge in [-0.05, 0) is 57.2 Å². The van der Waals surface area contributed by atoms with E-state index in [-0.39, 0.29) is 5.91 Å². The second-order valence-electron chi connectivity index (χ2n) is 6.33. The lowest BCUT2D eigenvalue weighted by Crippen LogP contribution is -2.36. The molecule has 0 aliphatic carbocycles. The summed E-state index contributed by atoms with van der Waals surface area (Å²) in [6, 6.07) is 17.4. The number of para-hydroxylation sites is 1. The molecule has 3 aromatic rings. The quantitative estimate of drug-likeness (QED) is 0.636. The van der Waals surface area contributed by atoms with Gasteiger partial charge in [0.2, 0.25) is 0 Å². The van der Waals surface area contributed by atoms with Gasteiger partial charge in [-0.3, -0.25) is 4.79 Å². The van der Waals surface area contributed by atoms with Gasteiger partial charge in [0.1, 0.15) is 5.75 Å². The number of amides is 1. The molecule has 0 bridgehead atoms.